The van der Waals surface area contributed by atoms with Crippen LogP contribution < -0.4 is 16.4 Å². The number of aliphatic hydroxyl groups is 6. The van der Waals surface area contributed by atoms with Gasteiger partial charge in [-0.15, -0.1) is 0 Å². The number of aromatic nitrogens is 1. The van der Waals surface area contributed by atoms with Gasteiger partial charge in [0.2, 0.25) is 34.0 Å². The zero-order valence-corrected chi connectivity index (χ0v) is 21.7. The van der Waals surface area contributed by atoms with E-state index in [2.05, 4.69) is 4.98 Å². The van der Waals surface area contributed by atoms with Crippen molar-refractivity contribution in [2.45, 2.75) is 23.9 Å². The molecule has 0 saturated heterocycles. The maximum Gasteiger partial charge on any atom is 0.294 e. The number of rotatable bonds is 9. The third-order valence-corrected chi connectivity index (χ3v) is 6.50. The topological polar surface area (TPSA) is 404 Å². The molecule has 0 fully saturated rings. The summed E-state index contributed by atoms with van der Waals surface area (Å²) in [5, 5.41) is 163. The summed E-state index contributed by atoms with van der Waals surface area (Å²) in [7, 11) is 0. The minimum absolute atomic E-state index is 0.335. The molecular weight excluding hydrogens is 612 g/mol. The van der Waals surface area contributed by atoms with E-state index in [4.69, 9.17) is 5.73 Å². The normalized spacial score (nSPS) is 12.4. The first-order valence-electron chi connectivity index (χ1n) is 11.1. The van der Waals surface area contributed by atoms with Crippen molar-refractivity contribution >= 4 is 28.1 Å². The Kier molecular flexibility index (Phi) is 8.12. The van der Waals surface area contributed by atoms with E-state index in [9.17, 15) is 86.5 Å². The van der Waals surface area contributed by atoms with E-state index in [1.165, 1.54) is 5.32 Å². The number of hydrogen-bond donors (Lipinski definition) is 19. The van der Waals surface area contributed by atoms with Gasteiger partial charge in [-0.2, -0.15) is 0 Å². The summed E-state index contributed by atoms with van der Waals surface area (Å²) in [6.45, 7) is -1.54. The van der Waals surface area contributed by atoms with Crippen molar-refractivity contribution in [2.24, 2.45) is 0 Å². The Morgan fingerprint density at radius 1 is 0.721 bits per heavy atom. The lowest BCUT2D eigenvalue weighted by atomic mass is 9.99. The molecule has 3 aromatic rings. The fourth-order valence-corrected chi connectivity index (χ4v) is 4.24. The molecule has 0 bridgehead atoms. The number of thiazole rings is 1. The zero-order chi connectivity index (χ0) is 33.0. The Balaban J connectivity index is 1.90. The van der Waals surface area contributed by atoms with Gasteiger partial charge in [-0.05, 0) is 0 Å². The van der Waals surface area contributed by atoms with Gasteiger partial charge in [0, 0.05) is 6.42 Å². The van der Waals surface area contributed by atoms with Crippen molar-refractivity contribution in [2.75, 3.05) is 17.6 Å². The molecule has 1 amide bonds. The quantitative estimate of drug-likeness (QED) is 0.0607. The van der Waals surface area contributed by atoms with Gasteiger partial charge >= 0.3 is 0 Å². The van der Waals surface area contributed by atoms with E-state index in [0.29, 0.717) is 11.3 Å². The minimum atomic E-state index is -3.68. The second-order valence-corrected chi connectivity index (χ2v) is 9.87. The highest BCUT2D eigenvalue weighted by molar-refractivity contribution is 7.17. The van der Waals surface area contributed by atoms with Gasteiger partial charge < -0.3 is 92.8 Å². The largest absolute Gasteiger partial charge is 0.504 e. The monoisotopic (exact) mass is 636 g/mol. The molecule has 0 unspecified atom stereocenters. The number of amides is 1. The van der Waals surface area contributed by atoms with E-state index in [0.717, 1.165) is 0 Å². The Hall–Kier alpha value is -4.94. The third kappa shape index (κ3) is 5.74. The van der Waals surface area contributed by atoms with Crippen molar-refractivity contribution in [1.82, 2.24) is 10.3 Å². The summed E-state index contributed by atoms with van der Waals surface area (Å²) < 4.78 is 0. The van der Waals surface area contributed by atoms with Crippen molar-refractivity contribution < 1.29 is 86.5 Å². The van der Waals surface area contributed by atoms with Crippen LogP contribution in [0.1, 0.15) is 16.8 Å². The van der Waals surface area contributed by atoms with Crippen LogP contribution in [0.15, 0.2) is 0 Å². The fraction of sp³-hybridized carbons (Fsp3) is 0.238. The summed E-state index contributed by atoms with van der Waals surface area (Å²) in [5.74, 6) is -26.0. The summed E-state index contributed by atoms with van der Waals surface area (Å²) >= 11 is 0.335. The lowest BCUT2D eigenvalue weighted by Gasteiger charge is -2.30. The van der Waals surface area contributed by atoms with Crippen molar-refractivity contribution in [3.8, 4) is 56.8 Å². The number of anilines is 2. The van der Waals surface area contributed by atoms with E-state index in [1.807, 2.05) is 0 Å². The van der Waals surface area contributed by atoms with E-state index in [1.54, 1.807) is 5.32 Å². The molecule has 0 atom stereocenters. The van der Waals surface area contributed by atoms with E-state index in [-0.39, 0.29) is 0 Å². The highest BCUT2D eigenvalue weighted by atomic mass is 32.1. The maximum absolute atomic E-state index is 12.4. The number of nitrogens with one attached hydrogen (secondary N) is 2. The number of nitrogens with zero attached hydrogens (tertiary/aromatic N) is 1. The van der Waals surface area contributed by atoms with Gasteiger partial charge in [-0.1, -0.05) is 11.3 Å². The fourth-order valence-electron chi connectivity index (χ4n) is 3.62. The molecule has 3 rings (SSSR count). The molecule has 1 aromatic heterocycles. The highest BCUT2D eigenvalue weighted by Crippen LogP contribution is 2.54. The molecule has 1 heterocycles. The number of phenols is 9. The van der Waals surface area contributed by atoms with Crippen LogP contribution in [0, 0.1) is 0 Å². The third-order valence-electron chi connectivity index (χ3n) is 5.82. The van der Waals surface area contributed by atoms with Gasteiger partial charge in [-0.25, -0.2) is 4.98 Å². The van der Waals surface area contributed by atoms with E-state index < -0.39 is 121 Å². The first-order chi connectivity index (χ1) is 19.5. The van der Waals surface area contributed by atoms with Crippen molar-refractivity contribution in [3.63, 3.8) is 0 Å². The lowest BCUT2D eigenvalue weighted by molar-refractivity contribution is -0.222. The molecule has 0 spiro atoms. The summed E-state index contributed by atoms with van der Waals surface area (Å²) in [6, 6.07) is 0. The Bertz CT molecular complexity index is 1550. The van der Waals surface area contributed by atoms with Crippen LogP contribution in [-0.2, 0) is 22.8 Å². The highest BCUT2D eigenvalue weighted by Gasteiger charge is 2.44. The lowest BCUT2D eigenvalue weighted by Crippen LogP contribution is -2.52. The van der Waals surface area contributed by atoms with Crippen LogP contribution in [-0.4, -0.2) is 105 Å². The van der Waals surface area contributed by atoms with Crippen LogP contribution in [0.5, 0.6) is 56.8 Å². The van der Waals surface area contributed by atoms with Crippen LogP contribution in [0.25, 0.3) is 0 Å². The average molecular weight is 637 g/mol. The van der Waals surface area contributed by atoms with Crippen LogP contribution in [0.2, 0.25) is 0 Å². The smallest absolute Gasteiger partial charge is 0.294 e. The molecule has 2 aromatic carbocycles. The zero-order valence-electron chi connectivity index (χ0n) is 20.9. The molecular formula is C21H24N4O17S. The van der Waals surface area contributed by atoms with Crippen molar-refractivity contribution in [3.05, 3.63) is 16.8 Å². The molecule has 21 nitrogen and oxygen atoms in total. The molecule has 0 radical (unpaired) electrons. The number of phenolic OH excluding ortho intramolecular Hbond substituents is 9. The Labute approximate surface area is 240 Å². The van der Waals surface area contributed by atoms with Crippen LogP contribution in [0.3, 0.4) is 0 Å². The molecule has 0 aliphatic heterocycles. The molecule has 22 heteroatoms. The summed E-state index contributed by atoms with van der Waals surface area (Å²) in [4.78, 5) is 15.8. The standard InChI is InChI=1S/C21H24N4O17S/c22-18-25-15(16(35)43-18)21(41,42)17(36)24-5-10(30)8(28)4(9(29)11(5)31)19(37,38)2-23-20(39,40)1-3-6(26)12(32)14(34)13(33)7(3)27/h23,26-35,37-42H,1-2H2,(H2,22,25)(H,24,36). The number of carbonyl (C=O) groups is 1. The second kappa shape index (κ2) is 10.7. The number of nitrogens with two attached hydrogens (primary N) is 1. The number of nitrogen functional groups attached to an aromatic ring is 1. The van der Waals surface area contributed by atoms with Gasteiger partial charge in [0.25, 0.3) is 11.7 Å². The second-order valence-electron chi connectivity index (χ2n) is 8.86. The van der Waals surface area contributed by atoms with Crippen molar-refractivity contribution in [1.29, 1.82) is 0 Å². The number of aromatic hydroxyl groups is 10. The number of benzene rings is 2. The average Bonchev–Trinajstić information content (AvgIpc) is 3.27. The number of carbonyl (C=O) groups excluding carboxylic acids is 1. The molecule has 236 valence electrons. The summed E-state index contributed by atoms with van der Waals surface area (Å²) in [6.07, 6.45) is -1.36. The van der Waals surface area contributed by atoms with Gasteiger partial charge in [0.1, 0.15) is 11.3 Å². The predicted octanol–water partition coefficient (Wildman–Crippen LogP) is -3.83. The SMILES string of the molecule is Nc1nc(C(O)(O)C(=O)Nc2c(O)c(O)c(C(O)(O)CNC(O)(O)Cc3c(O)c(O)c(O)c(O)c3O)c(O)c2O)c(O)s1. The van der Waals surface area contributed by atoms with Crippen LogP contribution in [0.4, 0.5) is 10.8 Å². The first kappa shape index (κ1) is 32.6. The van der Waals surface area contributed by atoms with Gasteiger partial charge in [-0.3, -0.25) is 10.1 Å². The molecule has 43 heavy (non-hydrogen) atoms. The molecule has 0 aliphatic carbocycles. The molecule has 20 N–H and O–H groups in total. The maximum atomic E-state index is 12.4. The number of hydrogen-bond acceptors (Lipinski definition) is 21. The minimum Gasteiger partial charge on any atom is -0.504 e. The summed E-state index contributed by atoms with van der Waals surface area (Å²) in [5.41, 5.74) is 0.382. The molecule has 0 saturated carbocycles. The van der Waals surface area contributed by atoms with E-state index >= 15 is 0 Å². The van der Waals surface area contributed by atoms with Gasteiger partial charge in [0.05, 0.1) is 12.1 Å². The Morgan fingerprint density at radius 3 is 1.63 bits per heavy atom. The van der Waals surface area contributed by atoms with Crippen LogP contribution >= 0.6 is 11.3 Å². The first-order valence-corrected chi connectivity index (χ1v) is 11.9. The predicted molar refractivity (Wildman–Crippen MR) is 136 cm³/mol. The Morgan fingerprint density at radius 2 is 1.19 bits per heavy atom. The molecule has 0 aliphatic rings. The van der Waals surface area contributed by atoms with Gasteiger partial charge in [0.15, 0.2) is 45.3 Å².